The van der Waals surface area contributed by atoms with Gasteiger partial charge in [0.1, 0.15) is 5.60 Å². The third kappa shape index (κ3) is 12.2. The number of ether oxygens (including phenoxy) is 1. The zero-order chi connectivity index (χ0) is 38.6. The van der Waals surface area contributed by atoms with Crippen molar-refractivity contribution in [2.24, 2.45) is 5.73 Å². The molecule has 0 saturated heterocycles. The molecule has 4 aromatic heterocycles. The third-order valence-corrected chi connectivity index (χ3v) is 6.18. The minimum Gasteiger partial charge on any atom is -0.460 e. The molecule has 4 aromatic rings. The van der Waals surface area contributed by atoms with Gasteiger partial charge in [-0.2, -0.15) is 52.7 Å². The molecule has 0 unspecified atom stereocenters. The Morgan fingerprint density at radius 2 is 0.962 bits per heavy atom. The summed E-state index contributed by atoms with van der Waals surface area (Å²) in [6.45, 7) is 4.89. The van der Waals surface area contributed by atoms with E-state index in [2.05, 4.69) is 29.9 Å². The normalized spacial score (nSPS) is 12.4. The lowest BCUT2D eigenvalue weighted by Crippen LogP contribution is -2.24. The van der Waals surface area contributed by atoms with Crippen molar-refractivity contribution in [1.82, 2.24) is 29.9 Å². The van der Waals surface area contributed by atoms with E-state index in [1.165, 1.54) is 0 Å². The van der Waals surface area contributed by atoms with E-state index >= 15 is 0 Å². The van der Waals surface area contributed by atoms with Gasteiger partial charge in [0.15, 0.2) is 0 Å². The maximum absolute atomic E-state index is 13.3. The molecular formula is C30H26ClF12N7O2. The van der Waals surface area contributed by atoms with Crippen LogP contribution in [-0.2, 0) is 47.2 Å². The molecule has 0 aliphatic heterocycles. The molecule has 0 spiro atoms. The lowest BCUT2D eigenvalue weighted by molar-refractivity contribution is -0.155. The van der Waals surface area contributed by atoms with Crippen molar-refractivity contribution in [2.75, 3.05) is 0 Å². The summed E-state index contributed by atoms with van der Waals surface area (Å²) < 4.78 is 159. The Labute approximate surface area is 292 Å². The minimum absolute atomic E-state index is 0. The molecule has 0 bridgehead atoms. The maximum Gasteiger partial charge on any atom is 0.451 e. The highest BCUT2D eigenvalue weighted by Gasteiger charge is 2.38. The molecule has 0 aliphatic rings. The largest absolute Gasteiger partial charge is 0.460 e. The highest BCUT2D eigenvalue weighted by molar-refractivity contribution is 5.85. The van der Waals surface area contributed by atoms with E-state index in [0.29, 0.717) is 37.2 Å². The van der Waals surface area contributed by atoms with Crippen molar-refractivity contribution >= 4 is 18.4 Å². The van der Waals surface area contributed by atoms with Gasteiger partial charge >= 0.3 is 30.7 Å². The molecule has 0 amide bonds. The van der Waals surface area contributed by atoms with Gasteiger partial charge in [-0.15, -0.1) is 12.4 Å². The fraction of sp³-hybridized carbons (Fsp3) is 0.367. The second-order valence-corrected chi connectivity index (χ2v) is 11.3. The number of pyridine rings is 2. The van der Waals surface area contributed by atoms with Gasteiger partial charge < -0.3 is 10.5 Å². The van der Waals surface area contributed by atoms with Crippen LogP contribution in [0.3, 0.4) is 0 Å². The highest BCUT2D eigenvalue weighted by Crippen LogP contribution is 2.38. The number of carbonyl (C=O) groups excluding carboxylic acids is 1. The van der Waals surface area contributed by atoms with Gasteiger partial charge in [-0.3, -0.25) is 14.8 Å². The number of nitrogens with two attached hydrogens (primary N) is 1. The topological polar surface area (TPSA) is 130 Å². The van der Waals surface area contributed by atoms with Crippen LogP contribution in [0, 0.1) is 0 Å². The number of halogens is 13. The van der Waals surface area contributed by atoms with Gasteiger partial charge in [-0.05, 0) is 32.9 Å². The van der Waals surface area contributed by atoms with Crippen molar-refractivity contribution in [3.05, 3.63) is 83.5 Å². The summed E-state index contributed by atoms with van der Waals surface area (Å²) in [7, 11) is 0. The second kappa shape index (κ2) is 16.3. The molecule has 0 saturated carbocycles. The highest BCUT2D eigenvalue weighted by atomic mass is 35.5. The number of hydrogen-bond donors (Lipinski definition) is 1. The van der Waals surface area contributed by atoms with Crippen molar-refractivity contribution in [1.29, 1.82) is 0 Å². The molecule has 0 radical (unpaired) electrons. The monoisotopic (exact) mass is 779 g/mol. The first kappa shape index (κ1) is 43.5. The lowest BCUT2D eigenvalue weighted by atomic mass is 10.0. The predicted molar refractivity (Wildman–Crippen MR) is 160 cm³/mol. The smallest absolute Gasteiger partial charge is 0.451 e. The Hall–Kier alpha value is -4.66. The first-order valence-electron chi connectivity index (χ1n) is 14.1. The average Bonchev–Trinajstić information content (AvgIpc) is 3.01. The molecular weight excluding hydrogens is 754 g/mol. The minimum atomic E-state index is -4.82. The van der Waals surface area contributed by atoms with E-state index in [1.807, 2.05) is 0 Å². The van der Waals surface area contributed by atoms with Gasteiger partial charge in [0, 0.05) is 78.1 Å². The standard InChI is InChI=1S/C18H17F6N3O2.C12H8F6N4.ClH/c1-16(2,3)29-14(28)5-4-11-6-12(13(9-25-11)17(19,20)21)10-7-26-15(27-8-10)18(22,23)24;13-11(14,15)9-5-20-7(2-19)1-8(9)6-3-21-10(22-4-6)12(16,17)18;/h6-9H,4-5H2,1-3H3;1,3-5H,2,19H2;1H. The second-order valence-electron chi connectivity index (χ2n) is 11.3. The predicted octanol–water partition coefficient (Wildman–Crippen LogP) is 8.31. The van der Waals surface area contributed by atoms with E-state index in [4.69, 9.17) is 10.5 Å². The van der Waals surface area contributed by atoms with E-state index in [-0.39, 0.29) is 59.9 Å². The van der Waals surface area contributed by atoms with Crippen LogP contribution in [0.5, 0.6) is 0 Å². The number of esters is 1. The van der Waals surface area contributed by atoms with Crippen molar-refractivity contribution in [2.45, 2.75) is 70.5 Å². The van der Waals surface area contributed by atoms with Gasteiger partial charge in [0.25, 0.3) is 0 Å². The van der Waals surface area contributed by atoms with Crippen LogP contribution in [0.4, 0.5) is 52.7 Å². The molecule has 2 N–H and O–H groups in total. The molecule has 22 heteroatoms. The van der Waals surface area contributed by atoms with E-state index in [9.17, 15) is 57.5 Å². The zero-order valence-electron chi connectivity index (χ0n) is 26.8. The molecule has 4 rings (SSSR count). The van der Waals surface area contributed by atoms with Gasteiger partial charge in [-0.25, -0.2) is 19.9 Å². The van der Waals surface area contributed by atoms with Gasteiger partial charge in [0.05, 0.1) is 23.2 Å². The quantitative estimate of drug-likeness (QED) is 0.152. The van der Waals surface area contributed by atoms with Crippen LogP contribution in [0.25, 0.3) is 22.3 Å². The molecule has 284 valence electrons. The molecule has 9 nitrogen and oxygen atoms in total. The van der Waals surface area contributed by atoms with Crippen LogP contribution < -0.4 is 5.73 Å². The van der Waals surface area contributed by atoms with E-state index in [0.717, 1.165) is 12.1 Å². The number of carbonyl (C=O) groups is 1. The maximum atomic E-state index is 13.3. The summed E-state index contributed by atoms with van der Waals surface area (Å²) in [4.78, 5) is 31.3. The van der Waals surface area contributed by atoms with Gasteiger partial charge in [-0.1, -0.05) is 0 Å². The van der Waals surface area contributed by atoms with Crippen LogP contribution in [0.15, 0.2) is 49.3 Å². The Bertz CT molecular complexity index is 1810. The third-order valence-electron chi connectivity index (χ3n) is 6.18. The number of aromatic nitrogens is 6. The Balaban J connectivity index is 0.000000366. The molecule has 4 heterocycles. The number of hydrogen-bond acceptors (Lipinski definition) is 9. The first-order valence-corrected chi connectivity index (χ1v) is 14.1. The number of nitrogens with zero attached hydrogens (tertiary/aromatic N) is 6. The lowest BCUT2D eigenvalue weighted by Gasteiger charge is -2.19. The van der Waals surface area contributed by atoms with Crippen LogP contribution in [0.1, 0.15) is 61.4 Å². The van der Waals surface area contributed by atoms with E-state index < -0.39 is 64.6 Å². The number of alkyl halides is 12. The number of aryl methyl sites for hydroxylation is 1. The zero-order valence-corrected chi connectivity index (χ0v) is 27.6. The summed E-state index contributed by atoms with van der Waals surface area (Å²) in [5.41, 5.74) is 1.36. The van der Waals surface area contributed by atoms with Crippen LogP contribution in [0.2, 0.25) is 0 Å². The Morgan fingerprint density at radius 1 is 0.596 bits per heavy atom. The van der Waals surface area contributed by atoms with Crippen molar-refractivity contribution < 1.29 is 62.2 Å². The molecule has 0 fully saturated rings. The summed E-state index contributed by atoms with van der Waals surface area (Å²) in [6.07, 6.45) is -15.4. The molecule has 52 heavy (non-hydrogen) atoms. The Kier molecular flexibility index (Phi) is 13.7. The molecule has 0 aromatic carbocycles. The summed E-state index contributed by atoms with van der Waals surface area (Å²) in [5.74, 6) is -3.45. The summed E-state index contributed by atoms with van der Waals surface area (Å²) in [6, 6.07) is 2.11. The summed E-state index contributed by atoms with van der Waals surface area (Å²) in [5, 5.41) is 0. The number of rotatable bonds is 6. The van der Waals surface area contributed by atoms with Crippen LogP contribution in [-0.4, -0.2) is 41.5 Å². The first-order chi connectivity index (χ1) is 23.3. The molecule has 0 atom stereocenters. The van der Waals surface area contributed by atoms with Crippen LogP contribution >= 0.6 is 12.4 Å². The van der Waals surface area contributed by atoms with Gasteiger partial charge in [0.2, 0.25) is 11.6 Å². The Morgan fingerprint density at radius 3 is 1.29 bits per heavy atom. The molecule has 0 aliphatic carbocycles. The SMILES string of the molecule is CC(C)(C)OC(=O)CCc1cc(-c2cnc(C(F)(F)F)nc2)c(C(F)(F)F)cn1.Cl.NCc1cc(-c2cnc(C(F)(F)F)nc2)c(C(F)(F)F)cn1. The fourth-order valence-electron chi connectivity index (χ4n) is 4.02. The average molecular weight is 780 g/mol. The summed E-state index contributed by atoms with van der Waals surface area (Å²) >= 11 is 0. The fourth-order valence-corrected chi connectivity index (χ4v) is 4.02. The van der Waals surface area contributed by atoms with Crippen molar-refractivity contribution in [3.63, 3.8) is 0 Å². The van der Waals surface area contributed by atoms with Crippen molar-refractivity contribution in [3.8, 4) is 22.3 Å². The van der Waals surface area contributed by atoms with E-state index in [1.54, 1.807) is 20.8 Å².